The Bertz CT molecular complexity index is 623. The molecule has 1 heterocycles. The zero-order chi connectivity index (χ0) is 15.6. The molecule has 2 aromatic rings. The highest BCUT2D eigenvalue weighted by molar-refractivity contribution is 5.44. The lowest BCUT2D eigenvalue weighted by Crippen LogP contribution is -2.16. The van der Waals surface area contributed by atoms with Crippen molar-refractivity contribution in [1.82, 2.24) is 9.78 Å². The molecule has 2 N–H and O–H groups in total. The van der Waals surface area contributed by atoms with Crippen LogP contribution in [0.2, 0.25) is 0 Å². The third kappa shape index (κ3) is 3.10. The molecule has 114 valence electrons. The summed E-state index contributed by atoms with van der Waals surface area (Å²) in [5.74, 6) is 0.788. The summed E-state index contributed by atoms with van der Waals surface area (Å²) in [7, 11) is 1.69. The molecule has 21 heavy (non-hydrogen) atoms. The van der Waals surface area contributed by atoms with Crippen molar-refractivity contribution < 1.29 is 4.74 Å². The molecule has 0 saturated heterocycles. The van der Waals surface area contributed by atoms with Crippen LogP contribution in [0.3, 0.4) is 0 Å². The summed E-state index contributed by atoms with van der Waals surface area (Å²) in [6.07, 6.45) is 0.765. The Morgan fingerprint density at radius 1 is 1.29 bits per heavy atom. The Morgan fingerprint density at radius 2 is 2.00 bits per heavy atom. The summed E-state index contributed by atoms with van der Waals surface area (Å²) < 4.78 is 7.53. The number of rotatable bonds is 4. The van der Waals surface area contributed by atoms with Gasteiger partial charge in [-0.25, -0.2) is 4.68 Å². The molecule has 0 radical (unpaired) electrons. The maximum atomic E-state index is 5.78. The first-order valence-corrected chi connectivity index (χ1v) is 7.32. The van der Waals surface area contributed by atoms with E-state index in [0.717, 1.165) is 29.2 Å². The first-order valence-electron chi connectivity index (χ1n) is 7.32. The van der Waals surface area contributed by atoms with Crippen LogP contribution in [0.25, 0.3) is 5.69 Å². The smallest absolute Gasteiger partial charge is 0.219 e. The van der Waals surface area contributed by atoms with Gasteiger partial charge in [-0.05, 0) is 37.6 Å². The zero-order valence-electron chi connectivity index (χ0n) is 13.6. The highest BCUT2D eigenvalue weighted by Crippen LogP contribution is 2.33. The van der Waals surface area contributed by atoms with Gasteiger partial charge in [0.1, 0.15) is 0 Å². The molecule has 4 nitrogen and oxygen atoms in total. The van der Waals surface area contributed by atoms with E-state index >= 15 is 0 Å². The molecule has 0 spiro atoms. The van der Waals surface area contributed by atoms with Gasteiger partial charge >= 0.3 is 0 Å². The van der Waals surface area contributed by atoms with Crippen LogP contribution in [0.15, 0.2) is 24.3 Å². The van der Waals surface area contributed by atoms with Gasteiger partial charge in [0.15, 0.2) is 0 Å². The molecule has 0 aliphatic heterocycles. The van der Waals surface area contributed by atoms with Crippen LogP contribution in [0.4, 0.5) is 0 Å². The molecular formula is C17H25N3O. The van der Waals surface area contributed by atoms with E-state index in [-0.39, 0.29) is 5.41 Å². The number of hydrogen-bond acceptors (Lipinski definition) is 3. The number of nitrogens with zero attached hydrogens (tertiary/aromatic N) is 2. The molecule has 0 atom stereocenters. The maximum Gasteiger partial charge on any atom is 0.219 e. The lowest BCUT2D eigenvalue weighted by Gasteiger charge is -2.17. The van der Waals surface area contributed by atoms with Crippen LogP contribution >= 0.6 is 0 Å². The van der Waals surface area contributed by atoms with Gasteiger partial charge < -0.3 is 10.5 Å². The van der Waals surface area contributed by atoms with Crippen LogP contribution in [0, 0.1) is 6.92 Å². The topological polar surface area (TPSA) is 53.1 Å². The second-order valence-corrected chi connectivity index (χ2v) is 6.38. The monoisotopic (exact) mass is 287 g/mol. The standard InChI is InChI=1S/C17H25N3O/c1-12-7-6-8-13(11-12)20-16(21-5)14(9-10-18)15(19-20)17(2,3)4/h6-8,11H,9-10,18H2,1-5H3. The van der Waals surface area contributed by atoms with E-state index < -0.39 is 0 Å². The van der Waals surface area contributed by atoms with Crippen LogP contribution in [-0.4, -0.2) is 23.4 Å². The molecule has 1 aromatic heterocycles. The molecular weight excluding hydrogens is 262 g/mol. The third-order valence-electron chi connectivity index (χ3n) is 3.48. The molecule has 4 heteroatoms. The first-order chi connectivity index (χ1) is 9.88. The Labute approximate surface area is 126 Å². The van der Waals surface area contributed by atoms with E-state index in [4.69, 9.17) is 15.6 Å². The number of aromatic nitrogens is 2. The highest BCUT2D eigenvalue weighted by Gasteiger charge is 2.27. The molecule has 0 unspecified atom stereocenters. The molecule has 0 fully saturated rings. The van der Waals surface area contributed by atoms with E-state index in [1.54, 1.807) is 7.11 Å². The van der Waals surface area contributed by atoms with Crippen molar-refractivity contribution >= 4 is 0 Å². The predicted molar refractivity (Wildman–Crippen MR) is 86.3 cm³/mol. The Morgan fingerprint density at radius 3 is 2.52 bits per heavy atom. The van der Waals surface area contributed by atoms with Crippen LogP contribution in [-0.2, 0) is 11.8 Å². The molecule has 1 aromatic carbocycles. The second kappa shape index (κ2) is 5.90. The van der Waals surface area contributed by atoms with Crippen molar-refractivity contribution in [3.63, 3.8) is 0 Å². The van der Waals surface area contributed by atoms with Gasteiger partial charge in [0.2, 0.25) is 5.88 Å². The minimum atomic E-state index is -0.0488. The number of nitrogens with two attached hydrogens (primary N) is 1. The van der Waals surface area contributed by atoms with Gasteiger partial charge in [0.05, 0.1) is 18.5 Å². The normalized spacial score (nSPS) is 11.7. The minimum Gasteiger partial charge on any atom is -0.481 e. The third-order valence-corrected chi connectivity index (χ3v) is 3.48. The predicted octanol–water partition coefficient (Wildman–Crippen LogP) is 2.99. The van der Waals surface area contributed by atoms with Crippen LogP contribution in [0.1, 0.15) is 37.6 Å². The summed E-state index contributed by atoms with van der Waals surface area (Å²) in [5, 5.41) is 4.82. The largest absolute Gasteiger partial charge is 0.481 e. The zero-order valence-corrected chi connectivity index (χ0v) is 13.6. The van der Waals surface area contributed by atoms with Crippen LogP contribution < -0.4 is 10.5 Å². The average Bonchev–Trinajstić information content (AvgIpc) is 2.77. The van der Waals surface area contributed by atoms with Crippen molar-refractivity contribution in [2.24, 2.45) is 5.73 Å². The van der Waals surface area contributed by atoms with Gasteiger partial charge in [-0.3, -0.25) is 0 Å². The van der Waals surface area contributed by atoms with E-state index in [1.807, 2.05) is 16.8 Å². The van der Waals surface area contributed by atoms with Crippen molar-refractivity contribution in [3.05, 3.63) is 41.1 Å². The van der Waals surface area contributed by atoms with Gasteiger partial charge in [0, 0.05) is 11.0 Å². The van der Waals surface area contributed by atoms with Gasteiger partial charge in [0.25, 0.3) is 0 Å². The highest BCUT2D eigenvalue weighted by atomic mass is 16.5. The number of benzene rings is 1. The molecule has 0 saturated carbocycles. The van der Waals surface area contributed by atoms with Crippen LogP contribution in [0.5, 0.6) is 5.88 Å². The lowest BCUT2D eigenvalue weighted by atomic mass is 9.88. The molecule has 0 bridgehead atoms. The minimum absolute atomic E-state index is 0.0488. The van der Waals surface area contributed by atoms with Gasteiger partial charge in [-0.2, -0.15) is 5.10 Å². The first kappa shape index (κ1) is 15.6. The number of hydrogen-bond donors (Lipinski definition) is 1. The number of aryl methyl sites for hydroxylation is 1. The fraction of sp³-hybridized carbons (Fsp3) is 0.471. The Hall–Kier alpha value is -1.81. The summed E-state index contributed by atoms with van der Waals surface area (Å²) in [6, 6.07) is 8.26. The van der Waals surface area contributed by atoms with Gasteiger partial charge in [-0.1, -0.05) is 32.9 Å². The fourth-order valence-corrected chi connectivity index (χ4v) is 2.55. The summed E-state index contributed by atoms with van der Waals surface area (Å²) in [6.45, 7) is 9.14. The van der Waals surface area contributed by atoms with Crippen molar-refractivity contribution in [2.45, 2.75) is 39.5 Å². The molecule has 0 aliphatic carbocycles. The van der Waals surface area contributed by atoms with Gasteiger partial charge in [-0.15, -0.1) is 0 Å². The van der Waals surface area contributed by atoms with E-state index in [0.29, 0.717) is 6.54 Å². The number of ether oxygens (including phenoxy) is 1. The molecule has 2 rings (SSSR count). The quantitative estimate of drug-likeness (QED) is 0.940. The SMILES string of the molecule is COc1c(CCN)c(C(C)(C)C)nn1-c1cccc(C)c1. The molecule has 0 amide bonds. The number of methoxy groups -OCH3 is 1. The maximum absolute atomic E-state index is 5.78. The Kier molecular flexibility index (Phi) is 4.37. The van der Waals surface area contributed by atoms with Crippen molar-refractivity contribution in [1.29, 1.82) is 0 Å². The van der Waals surface area contributed by atoms with Crippen molar-refractivity contribution in [2.75, 3.05) is 13.7 Å². The Balaban J connectivity index is 2.66. The van der Waals surface area contributed by atoms with E-state index in [2.05, 4.69) is 39.8 Å². The second-order valence-electron chi connectivity index (χ2n) is 6.38. The summed E-state index contributed by atoms with van der Waals surface area (Å²) in [4.78, 5) is 0. The molecule has 0 aliphatic rings. The van der Waals surface area contributed by atoms with E-state index in [1.165, 1.54) is 5.56 Å². The summed E-state index contributed by atoms with van der Waals surface area (Å²) >= 11 is 0. The average molecular weight is 287 g/mol. The lowest BCUT2D eigenvalue weighted by molar-refractivity contribution is 0.379. The van der Waals surface area contributed by atoms with Crippen molar-refractivity contribution in [3.8, 4) is 11.6 Å². The fourth-order valence-electron chi connectivity index (χ4n) is 2.55. The van der Waals surface area contributed by atoms with E-state index in [9.17, 15) is 0 Å². The summed E-state index contributed by atoms with van der Waals surface area (Å²) in [5.41, 5.74) is 10.1.